The zero-order chi connectivity index (χ0) is 14.8. The molecule has 0 radical (unpaired) electrons. The predicted molar refractivity (Wildman–Crippen MR) is 80.1 cm³/mol. The molecule has 1 aromatic heterocycles. The second-order valence-corrected chi connectivity index (χ2v) is 6.26. The number of hydrogen-bond acceptors (Lipinski definition) is 5. The van der Waals surface area contributed by atoms with Crippen LogP contribution in [0.15, 0.2) is 33.3 Å². The first kappa shape index (κ1) is 15.2. The minimum absolute atomic E-state index is 0.0656. The smallest absolute Gasteiger partial charge is 0.241 e. The van der Waals surface area contributed by atoms with Gasteiger partial charge in [-0.15, -0.1) is 0 Å². The highest BCUT2D eigenvalue weighted by Gasteiger charge is 2.24. The van der Waals surface area contributed by atoms with Crippen molar-refractivity contribution in [2.75, 3.05) is 13.7 Å². The van der Waals surface area contributed by atoms with Crippen LogP contribution in [-0.4, -0.2) is 39.3 Å². The van der Waals surface area contributed by atoms with Gasteiger partial charge in [0.15, 0.2) is 0 Å². The van der Waals surface area contributed by atoms with Gasteiger partial charge in [0.05, 0.1) is 13.2 Å². The molecule has 0 fully saturated rings. The van der Waals surface area contributed by atoms with Crippen molar-refractivity contribution < 1.29 is 9.63 Å². The summed E-state index contributed by atoms with van der Waals surface area (Å²) in [5.41, 5.74) is 0.572. The van der Waals surface area contributed by atoms with Crippen LogP contribution in [0.5, 0.6) is 0 Å². The van der Waals surface area contributed by atoms with E-state index >= 15 is 0 Å². The van der Waals surface area contributed by atoms with E-state index in [1.54, 1.807) is 0 Å². The third kappa shape index (κ3) is 3.45. The second kappa shape index (κ2) is 6.03. The molecule has 6 heteroatoms. The molecule has 0 bridgehead atoms. The number of benzene rings is 1. The Morgan fingerprint density at radius 2 is 2.15 bits per heavy atom. The van der Waals surface area contributed by atoms with E-state index < -0.39 is 0 Å². The first-order valence-electron chi connectivity index (χ1n) is 6.33. The molecule has 0 aliphatic carbocycles. The van der Waals surface area contributed by atoms with Gasteiger partial charge in [0.1, 0.15) is 0 Å². The SMILES string of the molecule is CN(Cc1nc(-c2cccc(Br)c2)no1)C(C)(C)CO. The van der Waals surface area contributed by atoms with Crippen LogP contribution in [0.3, 0.4) is 0 Å². The van der Waals surface area contributed by atoms with Gasteiger partial charge in [-0.05, 0) is 33.0 Å². The second-order valence-electron chi connectivity index (χ2n) is 5.35. The summed E-state index contributed by atoms with van der Waals surface area (Å²) >= 11 is 3.42. The Morgan fingerprint density at radius 1 is 1.40 bits per heavy atom. The Bertz CT molecular complexity index is 583. The molecule has 0 aliphatic heterocycles. The largest absolute Gasteiger partial charge is 0.394 e. The highest BCUT2D eigenvalue weighted by molar-refractivity contribution is 9.10. The van der Waals surface area contributed by atoms with E-state index in [1.807, 2.05) is 50.1 Å². The number of likely N-dealkylation sites (N-methyl/N-ethyl adjacent to an activating group) is 1. The van der Waals surface area contributed by atoms with E-state index in [4.69, 9.17) is 4.52 Å². The van der Waals surface area contributed by atoms with Crippen LogP contribution in [0.4, 0.5) is 0 Å². The lowest BCUT2D eigenvalue weighted by Gasteiger charge is -2.32. The summed E-state index contributed by atoms with van der Waals surface area (Å²) in [6.07, 6.45) is 0. The maximum Gasteiger partial charge on any atom is 0.241 e. The number of nitrogens with zero attached hydrogens (tertiary/aromatic N) is 3. The maximum absolute atomic E-state index is 9.34. The molecule has 0 aliphatic rings. The zero-order valence-corrected chi connectivity index (χ0v) is 13.4. The summed E-state index contributed by atoms with van der Waals surface area (Å²) in [4.78, 5) is 6.36. The molecule has 20 heavy (non-hydrogen) atoms. The molecule has 0 saturated carbocycles. The monoisotopic (exact) mass is 339 g/mol. The molecule has 0 spiro atoms. The highest BCUT2D eigenvalue weighted by Crippen LogP contribution is 2.21. The summed E-state index contributed by atoms with van der Waals surface area (Å²) in [5, 5.41) is 13.3. The fraction of sp³-hybridized carbons (Fsp3) is 0.429. The molecule has 5 nitrogen and oxygen atoms in total. The standard InChI is InChI=1S/C14H18BrN3O2/c1-14(2,9-19)18(3)8-12-16-13(17-20-12)10-5-4-6-11(15)7-10/h4-7,19H,8-9H2,1-3H3. The third-order valence-corrected chi connectivity index (χ3v) is 3.84. The lowest BCUT2D eigenvalue weighted by atomic mass is 10.1. The summed E-state index contributed by atoms with van der Waals surface area (Å²) in [7, 11) is 1.92. The molecule has 0 unspecified atom stereocenters. The van der Waals surface area contributed by atoms with Crippen molar-refractivity contribution >= 4 is 15.9 Å². The summed E-state index contributed by atoms with van der Waals surface area (Å²) in [6, 6.07) is 7.75. The average Bonchev–Trinajstić information content (AvgIpc) is 2.87. The Balaban J connectivity index is 2.14. The van der Waals surface area contributed by atoms with E-state index in [9.17, 15) is 5.11 Å². The average molecular weight is 340 g/mol. The van der Waals surface area contributed by atoms with Gasteiger partial charge in [0.25, 0.3) is 0 Å². The van der Waals surface area contributed by atoms with Crippen molar-refractivity contribution in [1.82, 2.24) is 15.0 Å². The van der Waals surface area contributed by atoms with Gasteiger partial charge in [0.2, 0.25) is 11.7 Å². The summed E-state index contributed by atoms with van der Waals surface area (Å²) < 4.78 is 6.24. The van der Waals surface area contributed by atoms with Crippen LogP contribution in [0.1, 0.15) is 19.7 Å². The van der Waals surface area contributed by atoms with Crippen LogP contribution in [0.2, 0.25) is 0 Å². The molecule has 2 aromatic rings. The Labute approximate surface area is 126 Å². The molecular weight excluding hydrogens is 322 g/mol. The molecular formula is C14H18BrN3O2. The van der Waals surface area contributed by atoms with Crippen molar-refractivity contribution in [2.24, 2.45) is 0 Å². The van der Waals surface area contributed by atoms with Crippen molar-refractivity contribution in [3.63, 3.8) is 0 Å². The molecule has 0 amide bonds. The van der Waals surface area contributed by atoms with Gasteiger partial charge >= 0.3 is 0 Å². The summed E-state index contributed by atoms with van der Waals surface area (Å²) in [5.74, 6) is 1.10. The molecule has 0 saturated heterocycles. The van der Waals surface area contributed by atoms with E-state index in [2.05, 4.69) is 26.1 Å². The molecule has 2 rings (SSSR count). The maximum atomic E-state index is 9.34. The molecule has 0 atom stereocenters. The van der Waals surface area contributed by atoms with E-state index in [0.717, 1.165) is 10.0 Å². The van der Waals surface area contributed by atoms with E-state index in [1.165, 1.54) is 0 Å². The zero-order valence-electron chi connectivity index (χ0n) is 11.8. The van der Waals surface area contributed by atoms with Crippen LogP contribution < -0.4 is 0 Å². The first-order valence-corrected chi connectivity index (χ1v) is 7.12. The molecule has 1 heterocycles. The topological polar surface area (TPSA) is 62.4 Å². The molecule has 108 valence electrons. The van der Waals surface area contributed by atoms with Crippen LogP contribution in [0.25, 0.3) is 11.4 Å². The summed E-state index contributed by atoms with van der Waals surface area (Å²) in [6.45, 7) is 4.47. The Hall–Kier alpha value is -1.24. The van der Waals surface area contributed by atoms with Crippen molar-refractivity contribution in [3.8, 4) is 11.4 Å². The van der Waals surface area contributed by atoms with Gasteiger partial charge in [-0.1, -0.05) is 33.2 Å². The van der Waals surface area contributed by atoms with E-state index in [-0.39, 0.29) is 12.1 Å². The number of rotatable bonds is 5. The highest BCUT2D eigenvalue weighted by atomic mass is 79.9. The van der Waals surface area contributed by atoms with Crippen molar-refractivity contribution in [1.29, 1.82) is 0 Å². The lowest BCUT2D eigenvalue weighted by molar-refractivity contribution is 0.0652. The minimum atomic E-state index is -0.329. The van der Waals surface area contributed by atoms with Gasteiger partial charge in [0, 0.05) is 15.6 Å². The van der Waals surface area contributed by atoms with Gasteiger partial charge < -0.3 is 9.63 Å². The molecule has 1 N–H and O–H groups in total. The van der Waals surface area contributed by atoms with E-state index in [0.29, 0.717) is 18.3 Å². The Morgan fingerprint density at radius 3 is 2.80 bits per heavy atom. The third-order valence-electron chi connectivity index (χ3n) is 3.34. The number of aliphatic hydroxyl groups is 1. The van der Waals surface area contributed by atoms with Gasteiger partial charge in [-0.25, -0.2) is 0 Å². The molecule has 1 aromatic carbocycles. The number of halogens is 1. The normalized spacial score (nSPS) is 12.1. The van der Waals surface area contributed by atoms with Crippen molar-refractivity contribution in [3.05, 3.63) is 34.6 Å². The van der Waals surface area contributed by atoms with Crippen LogP contribution in [-0.2, 0) is 6.54 Å². The fourth-order valence-corrected chi connectivity index (χ4v) is 2.00. The fourth-order valence-electron chi connectivity index (χ4n) is 1.60. The quantitative estimate of drug-likeness (QED) is 0.907. The minimum Gasteiger partial charge on any atom is -0.394 e. The lowest BCUT2D eigenvalue weighted by Crippen LogP contribution is -2.43. The van der Waals surface area contributed by atoms with Crippen molar-refractivity contribution in [2.45, 2.75) is 25.9 Å². The Kier molecular flexibility index (Phi) is 4.57. The predicted octanol–water partition coefficient (Wildman–Crippen LogP) is 2.70. The number of aromatic nitrogens is 2. The van der Waals surface area contributed by atoms with Crippen LogP contribution >= 0.6 is 15.9 Å². The number of hydrogen-bond donors (Lipinski definition) is 1. The van der Waals surface area contributed by atoms with Crippen LogP contribution in [0, 0.1) is 0 Å². The number of aliphatic hydroxyl groups excluding tert-OH is 1. The van der Waals surface area contributed by atoms with Gasteiger partial charge in [-0.2, -0.15) is 4.98 Å². The van der Waals surface area contributed by atoms with Gasteiger partial charge in [-0.3, -0.25) is 4.90 Å². The first-order chi connectivity index (χ1) is 9.42.